The zero-order chi connectivity index (χ0) is 9.54. The molecule has 0 saturated carbocycles. The average Bonchev–Trinajstić information content (AvgIpc) is 2.56. The van der Waals surface area contributed by atoms with E-state index < -0.39 is 0 Å². The third kappa shape index (κ3) is 1.16. The fraction of sp³-hybridized carbons (Fsp3) is 0.455. The Kier molecular flexibility index (Phi) is 1.81. The largest absolute Gasteiger partial charge is 0.381 e. The SMILES string of the molecule is BN1CC[C@@H]2Nc3ccccc3[C@@H]2C1. The molecule has 3 heteroatoms. The lowest BCUT2D eigenvalue weighted by Crippen LogP contribution is -2.40. The average molecular weight is 186 g/mol. The van der Waals surface area contributed by atoms with Crippen LogP contribution in [0.2, 0.25) is 0 Å². The van der Waals surface area contributed by atoms with Crippen LogP contribution in [0.1, 0.15) is 17.9 Å². The van der Waals surface area contributed by atoms with Gasteiger partial charge in [0, 0.05) is 17.6 Å². The summed E-state index contributed by atoms with van der Waals surface area (Å²) < 4.78 is 0. The van der Waals surface area contributed by atoms with Crippen molar-refractivity contribution in [2.45, 2.75) is 18.4 Å². The molecule has 1 aromatic carbocycles. The predicted molar refractivity (Wildman–Crippen MR) is 61.3 cm³/mol. The third-order valence-corrected chi connectivity index (χ3v) is 3.52. The molecule has 2 heterocycles. The minimum atomic E-state index is 0.684. The van der Waals surface area contributed by atoms with Crippen molar-refractivity contribution in [3.8, 4) is 0 Å². The van der Waals surface area contributed by atoms with E-state index in [1.165, 1.54) is 30.8 Å². The molecule has 0 radical (unpaired) electrons. The fourth-order valence-electron chi connectivity index (χ4n) is 2.75. The minimum Gasteiger partial charge on any atom is -0.381 e. The van der Waals surface area contributed by atoms with Gasteiger partial charge in [0.15, 0.2) is 7.98 Å². The summed E-state index contributed by atoms with van der Waals surface area (Å²) in [5.41, 5.74) is 2.88. The lowest BCUT2D eigenvalue weighted by Gasteiger charge is -2.32. The van der Waals surface area contributed by atoms with E-state index in [0.717, 1.165) is 0 Å². The van der Waals surface area contributed by atoms with Crippen LogP contribution >= 0.6 is 0 Å². The molecule has 0 bridgehead atoms. The Bertz CT molecular complexity index is 353. The molecule has 0 unspecified atom stereocenters. The van der Waals surface area contributed by atoms with E-state index in [1.54, 1.807) is 0 Å². The quantitative estimate of drug-likeness (QED) is 0.603. The molecule has 72 valence electrons. The van der Waals surface area contributed by atoms with Crippen LogP contribution in [0.25, 0.3) is 0 Å². The summed E-state index contributed by atoms with van der Waals surface area (Å²) in [7, 11) is 2.22. The Morgan fingerprint density at radius 2 is 2.21 bits per heavy atom. The first kappa shape index (κ1) is 8.36. The molecule has 2 aliphatic rings. The maximum atomic E-state index is 3.63. The number of para-hydroxylation sites is 1. The van der Waals surface area contributed by atoms with Crippen molar-refractivity contribution in [2.24, 2.45) is 0 Å². The van der Waals surface area contributed by atoms with Gasteiger partial charge in [-0.1, -0.05) is 18.2 Å². The second-order valence-corrected chi connectivity index (χ2v) is 4.50. The fourth-order valence-corrected chi connectivity index (χ4v) is 2.75. The number of anilines is 1. The second kappa shape index (κ2) is 3.02. The van der Waals surface area contributed by atoms with Gasteiger partial charge in [-0.25, -0.2) is 0 Å². The standard InChI is InChI=1S/C11H15BN2/c12-14-6-5-11-9(7-14)8-3-1-2-4-10(8)13-11/h1-4,9,11,13H,5-7,12H2/t9-,11-/m0/s1. The van der Waals surface area contributed by atoms with E-state index in [-0.39, 0.29) is 0 Å². The first-order chi connectivity index (χ1) is 6.84. The zero-order valence-electron chi connectivity index (χ0n) is 8.53. The predicted octanol–water partition coefficient (Wildman–Crippen LogP) is 0.818. The van der Waals surface area contributed by atoms with Gasteiger partial charge in [0.2, 0.25) is 0 Å². The first-order valence-corrected chi connectivity index (χ1v) is 5.38. The number of hydrogen-bond donors (Lipinski definition) is 1. The molecular weight excluding hydrogens is 171 g/mol. The maximum Gasteiger partial charge on any atom is 0.185 e. The van der Waals surface area contributed by atoms with Gasteiger partial charge in [0.25, 0.3) is 0 Å². The summed E-state index contributed by atoms with van der Waals surface area (Å²) in [5.74, 6) is 0.713. The summed E-state index contributed by atoms with van der Waals surface area (Å²) in [6, 6.07) is 9.42. The maximum absolute atomic E-state index is 3.63. The number of rotatable bonds is 0. The van der Waals surface area contributed by atoms with Gasteiger partial charge >= 0.3 is 0 Å². The van der Waals surface area contributed by atoms with E-state index in [2.05, 4.69) is 42.4 Å². The van der Waals surface area contributed by atoms with Crippen LogP contribution in [0, 0.1) is 0 Å². The van der Waals surface area contributed by atoms with Gasteiger partial charge in [-0.2, -0.15) is 0 Å². The summed E-state index contributed by atoms with van der Waals surface area (Å²) in [4.78, 5) is 2.44. The van der Waals surface area contributed by atoms with Crippen LogP contribution in [0.4, 0.5) is 5.69 Å². The summed E-state index contributed by atoms with van der Waals surface area (Å²) in [6.45, 7) is 2.43. The smallest absolute Gasteiger partial charge is 0.185 e. The molecule has 2 nitrogen and oxygen atoms in total. The summed E-state index contributed by atoms with van der Waals surface area (Å²) >= 11 is 0. The number of fused-ring (bicyclic) bond motifs is 3. The zero-order valence-corrected chi connectivity index (χ0v) is 8.53. The molecule has 0 aromatic heterocycles. The van der Waals surface area contributed by atoms with Crippen molar-refractivity contribution >= 4 is 13.7 Å². The van der Waals surface area contributed by atoms with Gasteiger partial charge in [0.05, 0.1) is 0 Å². The van der Waals surface area contributed by atoms with Crippen LogP contribution in [0.3, 0.4) is 0 Å². The van der Waals surface area contributed by atoms with E-state index >= 15 is 0 Å². The molecule has 1 fully saturated rings. The van der Waals surface area contributed by atoms with Gasteiger partial charge in [-0.3, -0.25) is 0 Å². The van der Waals surface area contributed by atoms with E-state index in [4.69, 9.17) is 0 Å². The van der Waals surface area contributed by atoms with Crippen molar-refractivity contribution < 1.29 is 0 Å². The van der Waals surface area contributed by atoms with E-state index in [1.807, 2.05) is 0 Å². The Morgan fingerprint density at radius 1 is 1.36 bits per heavy atom. The lowest BCUT2D eigenvalue weighted by atomic mass is 9.88. The van der Waals surface area contributed by atoms with Crippen molar-refractivity contribution in [3.63, 3.8) is 0 Å². The van der Waals surface area contributed by atoms with Crippen molar-refractivity contribution in [1.29, 1.82) is 0 Å². The molecule has 1 N–H and O–H groups in total. The van der Waals surface area contributed by atoms with Crippen LogP contribution in [-0.2, 0) is 0 Å². The summed E-state index contributed by atoms with van der Waals surface area (Å²) in [6.07, 6.45) is 1.27. The van der Waals surface area contributed by atoms with Crippen LogP contribution in [-0.4, -0.2) is 31.9 Å². The van der Waals surface area contributed by atoms with Crippen LogP contribution < -0.4 is 5.32 Å². The normalized spacial score (nSPS) is 30.6. The molecule has 0 spiro atoms. The van der Waals surface area contributed by atoms with Crippen molar-refractivity contribution in [1.82, 2.24) is 4.81 Å². The van der Waals surface area contributed by atoms with Gasteiger partial charge in [-0.05, 0) is 31.1 Å². The number of nitrogens with one attached hydrogen (secondary N) is 1. The highest BCUT2D eigenvalue weighted by molar-refractivity contribution is 6.04. The number of nitrogens with zero attached hydrogens (tertiary/aromatic N) is 1. The molecular formula is C11H15BN2. The molecule has 1 aromatic rings. The Labute approximate surface area is 85.7 Å². The van der Waals surface area contributed by atoms with E-state index in [9.17, 15) is 0 Å². The van der Waals surface area contributed by atoms with Crippen LogP contribution in [0.5, 0.6) is 0 Å². The van der Waals surface area contributed by atoms with Crippen molar-refractivity contribution in [3.05, 3.63) is 29.8 Å². The van der Waals surface area contributed by atoms with Gasteiger partial charge in [-0.15, -0.1) is 0 Å². The van der Waals surface area contributed by atoms with Gasteiger partial charge < -0.3 is 10.1 Å². The lowest BCUT2D eigenvalue weighted by molar-refractivity contribution is 0.319. The highest BCUT2D eigenvalue weighted by Crippen LogP contribution is 2.39. The van der Waals surface area contributed by atoms with Gasteiger partial charge in [0.1, 0.15) is 0 Å². The number of hydrogen-bond acceptors (Lipinski definition) is 2. The molecule has 1 saturated heterocycles. The van der Waals surface area contributed by atoms with E-state index in [0.29, 0.717) is 12.0 Å². The first-order valence-electron chi connectivity index (χ1n) is 5.38. The van der Waals surface area contributed by atoms with Crippen LogP contribution in [0.15, 0.2) is 24.3 Å². The Hall–Kier alpha value is -0.955. The topological polar surface area (TPSA) is 15.3 Å². The summed E-state index contributed by atoms with van der Waals surface area (Å²) in [5, 5.41) is 3.63. The second-order valence-electron chi connectivity index (χ2n) is 4.50. The minimum absolute atomic E-state index is 0.684. The third-order valence-electron chi connectivity index (χ3n) is 3.52. The molecule has 2 atom stereocenters. The van der Waals surface area contributed by atoms with Crippen molar-refractivity contribution in [2.75, 3.05) is 18.4 Å². The molecule has 2 aliphatic heterocycles. The molecule has 0 amide bonds. The molecule has 3 rings (SSSR count). The highest BCUT2D eigenvalue weighted by atomic mass is 15.1. The molecule has 0 aliphatic carbocycles. The number of benzene rings is 1. The highest BCUT2D eigenvalue weighted by Gasteiger charge is 2.34. The Balaban J connectivity index is 1.97. The number of piperidine rings is 1. The Morgan fingerprint density at radius 3 is 3.14 bits per heavy atom. The molecule has 14 heavy (non-hydrogen) atoms. The monoisotopic (exact) mass is 186 g/mol.